The first-order chi connectivity index (χ1) is 12.4. The van der Waals surface area contributed by atoms with E-state index in [1.54, 1.807) is 0 Å². The minimum atomic E-state index is -0.274. The highest BCUT2D eigenvalue weighted by Gasteiger charge is 2.29. The van der Waals surface area contributed by atoms with Crippen molar-refractivity contribution in [2.45, 2.75) is 32.9 Å². The van der Waals surface area contributed by atoms with E-state index >= 15 is 0 Å². The standard InChI is InChI=1S/C20H22N4O2/c1-11-8-15-18(23-20(26)21-15)17(12(11)2)22-19(25)16-9-13-6-4-5-7-14(13)10-24(16)3/h4-8,16H,9-10H2,1-3H3,(H,22,25)(H2,21,23,26). The molecule has 4 rings (SSSR count). The maximum atomic E-state index is 13.0. The maximum Gasteiger partial charge on any atom is 0.323 e. The van der Waals surface area contributed by atoms with E-state index in [4.69, 9.17) is 0 Å². The van der Waals surface area contributed by atoms with Gasteiger partial charge < -0.3 is 15.3 Å². The van der Waals surface area contributed by atoms with Crippen molar-refractivity contribution in [1.82, 2.24) is 14.9 Å². The van der Waals surface area contributed by atoms with Crippen LogP contribution in [0.1, 0.15) is 22.3 Å². The van der Waals surface area contributed by atoms with Gasteiger partial charge in [-0.1, -0.05) is 24.3 Å². The Hall–Kier alpha value is -2.86. The number of benzene rings is 2. The molecule has 26 heavy (non-hydrogen) atoms. The van der Waals surface area contributed by atoms with Crippen molar-refractivity contribution in [2.75, 3.05) is 12.4 Å². The van der Waals surface area contributed by atoms with Gasteiger partial charge in [-0.05, 0) is 55.6 Å². The van der Waals surface area contributed by atoms with Gasteiger partial charge in [0.15, 0.2) is 0 Å². The van der Waals surface area contributed by atoms with E-state index in [0.717, 1.165) is 17.7 Å². The highest BCUT2D eigenvalue weighted by atomic mass is 16.2. The molecule has 134 valence electrons. The van der Waals surface area contributed by atoms with Gasteiger partial charge in [0.1, 0.15) is 0 Å². The number of anilines is 1. The summed E-state index contributed by atoms with van der Waals surface area (Å²) in [5.41, 5.74) is 6.21. The van der Waals surface area contributed by atoms with Crippen LogP contribution in [-0.2, 0) is 17.8 Å². The summed E-state index contributed by atoms with van der Waals surface area (Å²) in [6.07, 6.45) is 0.677. The molecule has 1 unspecified atom stereocenters. The second kappa shape index (κ2) is 6.14. The van der Waals surface area contributed by atoms with Gasteiger partial charge in [0.2, 0.25) is 5.91 Å². The quantitative estimate of drug-likeness (QED) is 0.664. The zero-order valence-corrected chi connectivity index (χ0v) is 15.1. The Bertz CT molecular complexity index is 1060. The van der Waals surface area contributed by atoms with Gasteiger partial charge in [-0.3, -0.25) is 9.69 Å². The lowest BCUT2D eigenvalue weighted by atomic mass is 9.94. The number of imidazole rings is 1. The third kappa shape index (κ3) is 2.72. The first-order valence-corrected chi connectivity index (χ1v) is 8.74. The number of likely N-dealkylation sites (N-methyl/N-ethyl adjacent to an activating group) is 1. The molecule has 0 radical (unpaired) electrons. The van der Waals surface area contributed by atoms with Crippen molar-refractivity contribution in [3.8, 4) is 0 Å². The van der Waals surface area contributed by atoms with Crippen LogP contribution >= 0.6 is 0 Å². The monoisotopic (exact) mass is 350 g/mol. The fourth-order valence-corrected chi connectivity index (χ4v) is 3.72. The Kier molecular flexibility index (Phi) is 3.92. The van der Waals surface area contributed by atoms with Crippen LogP contribution in [0.2, 0.25) is 0 Å². The first-order valence-electron chi connectivity index (χ1n) is 8.74. The maximum absolute atomic E-state index is 13.0. The number of rotatable bonds is 2. The van der Waals surface area contributed by atoms with Crippen LogP contribution in [0.5, 0.6) is 0 Å². The summed E-state index contributed by atoms with van der Waals surface area (Å²) in [5, 5.41) is 3.07. The van der Waals surface area contributed by atoms with Crippen molar-refractivity contribution in [3.63, 3.8) is 0 Å². The molecule has 0 saturated heterocycles. The van der Waals surface area contributed by atoms with E-state index in [0.29, 0.717) is 23.1 Å². The summed E-state index contributed by atoms with van der Waals surface area (Å²) in [7, 11) is 1.97. The fraction of sp³-hybridized carbons (Fsp3) is 0.300. The summed E-state index contributed by atoms with van der Waals surface area (Å²) in [6, 6.07) is 9.91. The number of aryl methyl sites for hydroxylation is 1. The molecular weight excluding hydrogens is 328 g/mol. The lowest BCUT2D eigenvalue weighted by molar-refractivity contribution is -0.121. The molecule has 1 aliphatic rings. The molecule has 0 fully saturated rings. The second-order valence-electron chi connectivity index (χ2n) is 7.09. The van der Waals surface area contributed by atoms with Crippen molar-refractivity contribution >= 4 is 22.6 Å². The summed E-state index contributed by atoms with van der Waals surface area (Å²) >= 11 is 0. The molecule has 1 aliphatic heterocycles. The van der Waals surface area contributed by atoms with Crippen molar-refractivity contribution in [3.05, 3.63) is 63.1 Å². The van der Waals surface area contributed by atoms with Gasteiger partial charge in [0.25, 0.3) is 0 Å². The SMILES string of the molecule is Cc1cc2[nH]c(=O)[nH]c2c(NC(=O)C2Cc3ccccc3CN2C)c1C. The normalized spacial score (nSPS) is 17.3. The average molecular weight is 350 g/mol. The lowest BCUT2D eigenvalue weighted by Crippen LogP contribution is -2.45. The van der Waals surface area contributed by atoms with Gasteiger partial charge in [0, 0.05) is 6.54 Å². The largest absolute Gasteiger partial charge is 0.323 e. The van der Waals surface area contributed by atoms with Crippen molar-refractivity contribution in [1.29, 1.82) is 0 Å². The Balaban J connectivity index is 1.68. The topological polar surface area (TPSA) is 81.0 Å². The second-order valence-corrected chi connectivity index (χ2v) is 7.09. The van der Waals surface area contributed by atoms with Crippen LogP contribution < -0.4 is 11.0 Å². The van der Waals surface area contributed by atoms with E-state index in [1.807, 2.05) is 39.1 Å². The van der Waals surface area contributed by atoms with E-state index in [-0.39, 0.29) is 17.6 Å². The number of aromatic amines is 2. The number of hydrogen-bond acceptors (Lipinski definition) is 3. The highest BCUT2D eigenvalue weighted by molar-refractivity contribution is 6.03. The van der Waals surface area contributed by atoms with Crippen LogP contribution in [0, 0.1) is 13.8 Å². The molecule has 6 nitrogen and oxygen atoms in total. The Labute approximate surface area is 151 Å². The van der Waals surface area contributed by atoms with Gasteiger partial charge in [0.05, 0.1) is 22.8 Å². The summed E-state index contributed by atoms with van der Waals surface area (Å²) in [4.78, 5) is 32.4. The molecule has 0 spiro atoms. The Morgan fingerprint density at radius 1 is 1.19 bits per heavy atom. The minimum Gasteiger partial charge on any atom is -0.323 e. The fourth-order valence-electron chi connectivity index (χ4n) is 3.72. The molecule has 1 amide bonds. The zero-order chi connectivity index (χ0) is 18.4. The lowest BCUT2D eigenvalue weighted by Gasteiger charge is -2.33. The summed E-state index contributed by atoms with van der Waals surface area (Å²) in [5.74, 6) is -0.0564. The van der Waals surface area contributed by atoms with E-state index < -0.39 is 0 Å². The predicted octanol–water partition coefficient (Wildman–Crippen LogP) is 2.47. The minimum absolute atomic E-state index is 0.0564. The summed E-state index contributed by atoms with van der Waals surface area (Å²) in [6.45, 7) is 4.67. The molecule has 2 heterocycles. The molecule has 0 aliphatic carbocycles. The van der Waals surface area contributed by atoms with Crippen molar-refractivity contribution in [2.24, 2.45) is 0 Å². The van der Waals surface area contributed by atoms with Crippen LogP contribution in [0.25, 0.3) is 11.0 Å². The van der Waals surface area contributed by atoms with Crippen molar-refractivity contribution < 1.29 is 4.79 Å². The number of H-pyrrole nitrogens is 2. The Morgan fingerprint density at radius 2 is 1.92 bits per heavy atom. The first kappa shape index (κ1) is 16.6. The molecule has 3 N–H and O–H groups in total. The van der Waals surface area contributed by atoms with Crippen LogP contribution in [0.3, 0.4) is 0 Å². The average Bonchev–Trinajstić information content (AvgIpc) is 2.98. The van der Waals surface area contributed by atoms with Gasteiger partial charge in [-0.15, -0.1) is 0 Å². The van der Waals surface area contributed by atoms with Gasteiger partial charge in [-0.25, -0.2) is 4.79 Å². The molecule has 6 heteroatoms. The number of hydrogen-bond donors (Lipinski definition) is 3. The number of nitrogens with zero attached hydrogens (tertiary/aromatic N) is 1. The van der Waals surface area contributed by atoms with Crippen LogP contribution in [0.4, 0.5) is 5.69 Å². The Morgan fingerprint density at radius 3 is 2.69 bits per heavy atom. The molecule has 1 aromatic heterocycles. The number of amides is 1. The van der Waals surface area contributed by atoms with E-state index in [1.165, 1.54) is 11.1 Å². The van der Waals surface area contributed by atoms with Crippen LogP contribution in [0.15, 0.2) is 35.1 Å². The summed E-state index contributed by atoms with van der Waals surface area (Å²) < 4.78 is 0. The number of nitrogens with one attached hydrogen (secondary N) is 3. The van der Waals surface area contributed by atoms with Gasteiger partial charge in [-0.2, -0.15) is 0 Å². The van der Waals surface area contributed by atoms with Crippen LogP contribution in [-0.4, -0.2) is 33.9 Å². The molecule has 0 saturated carbocycles. The molecule has 3 aromatic rings. The zero-order valence-electron chi connectivity index (χ0n) is 15.1. The number of aromatic nitrogens is 2. The third-order valence-electron chi connectivity index (χ3n) is 5.37. The number of fused-ring (bicyclic) bond motifs is 2. The molecule has 1 atom stereocenters. The van der Waals surface area contributed by atoms with E-state index in [2.05, 4.69) is 32.3 Å². The number of carbonyl (C=O) groups excluding carboxylic acids is 1. The predicted molar refractivity (Wildman–Crippen MR) is 102 cm³/mol. The smallest absolute Gasteiger partial charge is 0.323 e. The van der Waals surface area contributed by atoms with Gasteiger partial charge >= 0.3 is 5.69 Å². The third-order valence-corrected chi connectivity index (χ3v) is 5.37. The number of carbonyl (C=O) groups is 1. The molecule has 2 aromatic carbocycles. The molecular formula is C20H22N4O2. The highest BCUT2D eigenvalue weighted by Crippen LogP contribution is 2.28. The van der Waals surface area contributed by atoms with E-state index in [9.17, 15) is 9.59 Å². The molecule has 0 bridgehead atoms.